The van der Waals surface area contributed by atoms with Crippen molar-refractivity contribution in [3.63, 3.8) is 0 Å². The van der Waals surface area contributed by atoms with E-state index in [1.807, 2.05) is 49.4 Å². The number of nitrogens with one attached hydrogen (secondary N) is 1. The first-order chi connectivity index (χ1) is 8.19. The molecule has 0 atom stereocenters. The van der Waals surface area contributed by atoms with E-state index in [1.54, 1.807) is 0 Å². The van der Waals surface area contributed by atoms with Crippen molar-refractivity contribution >= 4 is 27.3 Å². The Hall–Kier alpha value is -1.79. The summed E-state index contributed by atoms with van der Waals surface area (Å²) in [6.45, 7) is 2.01. The summed E-state index contributed by atoms with van der Waals surface area (Å²) in [5.41, 5.74) is 3.57. The van der Waals surface area contributed by atoms with Crippen molar-refractivity contribution < 1.29 is 0 Å². The van der Waals surface area contributed by atoms with Crippen LogP contribution >= 0.6 is 15.9 Å². The van der Waals surface area contributed by atoms with Gasteiger partial charge in [0.1, 0.15) is 6.07 Å². The molecule has 0 aromatic heterocycles. The first kappa shape index (κ1) is 11.7. The summed E-state index contributed by atoms with van der Waals surface area (Å²) in [7, 11) is 0. The Morgan fingerprint density at radius 3 is 2.71 bits per heavy atom. The zero-order valence-corrected chi connectivity index (χ0v) is 11.0. The van der Waals surface area contributed by atoms with Gasteiger partial charge in [-0.15, -0.1) is 0 Å². The number of nitrogens with zero attached hydrogens (tertiary/aromatic N) is 1. The molecule has 84 valence electrons. The molecule has 0 aliphatic carbocycles. The van der Waals surface area contributed by atoms with E-state index >= 15 is 0 Å². The van der Waals surface area contributed by atoms with Crippen LogP contribution in [0.5, 0.6) is 0 Å². The molecule has 0 unspecified atom stereocenters. The van der Waals surface area contributed by atoms with Crippen molar-refractivity contribution in [1.29, 1.82) is 5.26 Å². The van der Waals surface area contributed by atoms with Gasteiger partial charge in [-0.2, -0.15) is 5.26 Å². The Balaban J connectivity index is 2.36. The van der Waals surface area contributed by atoms with Gasteiger partial charge >= 0.3 is 0 Å². The van der Waals surface area contributed by atoms with E-state index < -0.39 is 0 Å². The van der Waals surface area contributed by atoms with Crippen molar-refractivity contribution in [2.75, 3.05) is 5.32 Å². The number of benzene rings is 2. The SMILES string of the molecule is Cc1ccc(C#N)c(Nc2cccc(Br)c2)c1. The molecule has 0 spiro atoms. The fourth-order valence-electron chi connectivity index (χ4n) is 1.58. The summed E-state index contributed by atoms with van der Waals surface area (Å²) in [6, 6.07) is 15.8. The van der Waals surface area contributed by atoms with Crippen LogP contribution in [0.3, 0.4) is 0 Å². The Kier molecular flexibility index (Phi) is 3.46. The average Bonchev–Trinajstić information content (AvgIpc) is 2.29. The third-order valence-electron chi connectivity index (χ3n) is 2.40. The summed E-state index contributed by atoms with van der Waals surface area (Å²) in [6.07, 6.45) is 0. The molecule has 2 aromatic carbocycles. The standard InChI is InChI=1S/C14H11BrN2/c1-10-5-6-11(9-16)14(7-10)17-13-4-2-3-12(15)8-13/h2-8,17H,1H3. The summed E-state index contributed by atoms with van der Waals surface area (Å²) in [5, 5.41) is 12.3. The van der Waals surface area contributed by atoms with Gasteiger partial charge < -0.3 is 5.32 Å². The molecule has 0 aliphatic heterocycles. The third-order valence-corrected chi connectivity index (χ3v) is 2.89. The lowest BCUT2D eigenvalue weighted by atomic mass is 10.1. The highest BCUT2D eigenvalue weighted by Gasteiger charge is 2.02. The summed E-state index contributed by atoms with van der Waals surface area (Å²) in [4.78, 5) is 0. The van der Waals surface area contributed by atoms with E-state index in [4.69, 9.17) is 5.26 Å². The van der Waals surface area contributed by atoms with Gasteiger partial charge in [0.15, 0.2) is 0 Å². The van der Waals surface area contributed by atoms with Gasteiger partial charge in [-0.05, 0) is 42.8 Å². The second-order valence-electron chi connectivity index (χ2n) is 3.80. The van der Waals surface area contributed by atoms with E-state index in [2.05, 4.69) is 27.3 Å². The molecule has 0 saturated heterocycles. The van der Waals surface area contributed by atoms with Gasteiger partial charge in [0.2, 0.25) is 0 Å². The summed E-state index contributed by atoms with van der Waals surface area (Å²) < 4.78 is 1.01. The van der Waals surface area contributed by atoms with Crippen LogP contribution in [0.25, 0.3) is 0 Å². The van der Waals surface area contributed by atoms with E-state index in [-0.39, 0.29) is 0 Å². The Morgan fingerprint density at radius 1 is 1.18 bits per heavy atom. The molecular weight excluding hydrogens is 276 g/mol. The average molecular weight is 287 g/mol. The minimum Gasteiger partial charge on any atom is -0.354 e. The fourth-order valence-corrected chi connectivity index (χ4v) is 1.98. The second-order valence-corrected chi connectivity index (χ2v) is 4.71. The molecule has 2 nitrogen and oxygen atoms in total. The zero-order valence-electron chi connectivity index (χ0n) is 9.37. The molecule has 0 bridgehead atoms. The molecule has 2 aromatic rings. The first-order valence-electron chi connectivity index (χ1n) is 5.22. The largest absolute Gasteiger partial charge is 0.354 e. The monoisotopic (exact) mass is 286 g/mol. The quantitative estimate of drug-likeness (QED) is 0.890. The van der Waals surface area contributed by atoms with E-state index in [9.17, 15) is 0 Å². The number of anilines is 2. The van der Waals surface area contributed by atoms with Crippen LogP contribution in [0.15, 0.2) is 46.9 Å². The van der Waals surface area contributed by atoms with Crippen molar-refractivity contribution in [3.8, 4) is 6.07 Å². The number of hydrogen-bond acceptors (Lipinski definition) is 2. The van der Waals surface area contributed by atoms with E-state index in [0.717, 1.165) is 21.4 Å². The van der Waals surface area contributed by atoms with Gasteiger partial charge in [-0.25, -0.2) is 0 Å². The molecule has 0 amide bonds. The lowest BCUT2D eigenvalue weighted by Crippen LogP contribution is -1.94. The van der Waals surface area contributed by atoms with Crippen LogP contribution in [-0.2, 0) is 0 Å². The maximum atomic E-state index is 9.04. The number of aryl methyl sites for hydroxylation is 1. The minimum absolute atomic E-state index is 0.649. The maximum absolute atomic E-state index is 9.04. The van der Waals surface area contributed by atoms with Gasteiger partial charge in [-0.1, -0.05) is 28.1 Å². The predicted octanol–water partition coefficient (Wildman–Crippen LogP) is 4.37. The smallest absolute Gasteiger partial charge is 0.101 e. The van der Waals surface area contributed by atoms with Crippen LogP contribution in [0.2, 0.25) is 0 Å². The van der Waals surface area contributed by atoms with Crippen molar-refractivity contribution in [1.82, 2.24) is 0 Å². The molecule has 1 N–H and O–H groups in total. The van der Waals surface area contributed by atoms with E-state index in [1.165, 1.54) is 0 Å². The molecule has 0 heterocycles. The molecule has 0 radical (unpaired) electrons. The zero-order chi connectivity index (χ0) is 12.3. The molecule has 17 heavy (non-hydrogen) atoms. The van der Waals surface area contributed by atoms with E-state index in [0.29, 0.717) is 5.56 Å². The molecule has 0 aliphatic rings. The van der Waals surface area contributed by atoms with Gasteiger partial charge in [0.05, 0.1) is 11.3 Å². The molecule has 3 heteroatoms. The predicted molar refractivity (Wildman–Crippen MR) is 73.3 cm³/mol. The number of hydrogen-bond donors (Lipinski definition) is 1. The van der Waals surface area contributed by atoms with Gasteiger partial charge in [-0.3, -0.25) is 0 Å². The number of rotatable bonds is 2. The normalized spacial score (nSPS) is 9.71. The van der Waals surface area contributed by atoms with Crippen molar-refractivity contribution in [2.45, 2.75) is 6.92 Å². The van der Waals surface area contributed by atoms with Crippen molar-refractivity contribution in [3.05, 3.63) is 58.1 Å². The Morgan fingerprint density at radius 2 is 2.00 bits per heavy atom. The second kappa shape index (κ2) is 5.03. The minimum atomic E-state index is 0.649. The fraction of sp³-hybridized carbons (Fsp3) is 0.0714. The maximum Gasteiger partial charge on any atom is 0.101 e. The van der Waals surface area contributed by atoms with Gasteiger partial charge in [0, 0.05) is 10.2 Å². The van der Waals surface area contributed by atoms with Crippen LogP contribution in [-0.4, -0.2) is 0 Å². The highest BCUT2D eigenvalue weighted by Crippen LogP contribution is 2.23. The first-order valence-corrected chi connectivity index (χ1v) is 6.01. The number of nitriles is 1. The summed E-state index contributed by atoms with van der Waals surface area (Å²) >= 11 is 3.42. The molecule has 0 fully saturated rings. The number of halogens is 1. The van der Waals surface area contributed by atoms with Crippen LogP contribution in [0.1, 0.15) is 11.1 Å². The molecular formula is C14H11BrN2. The van der Waals surface area contributed by atoms with Gasteiger partial charge in [0.25, 0.3) is 0 Å². The lowest BCUT2D eigenvalue weighted by Gasteiger charge is -2.09. The third kappa shape index (κ3) is 2.86. The lowest BCUT2D eigenvalue weighted by molar-refractivity contribution is 1.41. The Bertz CT molecular complexity index is 585. The highest BCUT2D eigenvalue weighted by molar-refractivity contribution is 9.10. The molecule has 2 rings (SSSR count). The highest BCUT2D eigenvalue weighted by atomic mass is 79.9. The van der Waals surface area contributed by atoms with Crippen LogP contribution < -0.4 is 5.32 Å². The van der Waals surface area contributed by atoms with Crippen LogP contribution in [0.4, 0.5) is 11.4 Å². The topological polar surface area (TPSA) is 35.8 Å². The molecule has 0 saturated carbocycles. The van der Waals surface area contributed by atoms with Crippen molar-refractivity contribution in [2.24, 2.45) is 0 Å². The Labute approximate surface area is 109 Å². The summed E-state index contributed by atoms with van der Waals surface area (Å²) in [5.74, 6) is 0. The van der Waals surface area contributed by atoms with Crippen LogP contribution in [0, 0.1) is 18.3 Å².